The van der Waals surface area contributed by atoms with Gasteiger partial charge in [0.2, 0.25) is 5.91 Å². The molecule has 9 nitrogen and oxygen atoms in total. The third-order valence-electron chi connectivity index (χ3n) is 5.14. The zero-order valence-corrected chi connectivity index (χ0v) is 17.8. The van der Waals surface area contributed by atoms with E-state index in [4.69, 9.17) is 0 Å². The first-order chi connectivity index (χ1) is 14.4. The highest BCUT2D eigenvalue weighted by Crippen LogP contribution is 2.23. The lowest BCUT2D eigenvalue weighted by Crippen LogP contribution is -2.46. The molecule has 1 aliphatic carbocycles. The van der Waals surface area contributed by atoms with Crippen LogP contribution in [0.5, 0.6) is 0 Å². The van der Waals surface area contributed by atoms with E-state index >= 15 is 0 Å². The van der Waals surface area contributed by atoms with Crippen molar-refractivity contribution >= 4 is 44.1 Å². The average molecular weight is 450 g/mol. The number of hydrogen-bond acceptors (Lipinski definition) is 6. The van der Waals surface area contributed by atoms with Gasteiger partial charge in [-0.1, -0.05) is 0 Å². The third kappa shape index (κ3) is 5.08. The normalized spacial score (nSPS) is 17.4. The summed E-state index contributed by atoms with van der Waals surface area (Å²) in [5.41, 5.74) is 0.530. The van der Waals surface area contributed by atoms with Crippen LogP contribution in [0.4, 0.5) is 15.6 Å². The number of hydrogen-bond donors (Lipinski definition) is 3. The number of nitrogens with one attached hydrogen (secondary N) is 3. The van der Waals surface area contributed by atoms with Crippen LogP contribution in [0, 0.1) is 5.92 Å². The Kier molecular flexibility index (Phi) is 5.91. The summed E-state index contributed by atoms with van der Waals surface area (Å²) in [6, 6.07) is 6.29. The standard InChI is InChI=1S/C19H23N5O4S2/c25-17(13-7-10-24(11-8-13)19(26)22-15-1-2-15)21-14-3-5-16(6-4-14)30(27,28)23-18-20-9-12-29-18/h3-6,9,12-13,15H,1-2,7-8,10-11H2,(H,20,23)(H,21,25)(H,22,26). The second-order valence-corrected chi connectivity index (χ2v) is 10.0. The van der Waals surface area contributed by atoms with Crippen molar-refractivity contribution in [2.75, 3.05) is 23.1 Å². The molecule has 1 saturated carbocycles. The van der Waals surface area contributed by atoms with Crippen molar-refractivity contribution in [1.82, 2.24) is 15.2 Å². The van der Waals surface area contributed by atoms with E-state index in [1.807, 2.05) is 0 Å². The van der Waals surface area contributed by atoms with Crippen LogP contribution in [0.1, 0.15) is 25.7 Å². The third-order valence-corrected chi connectivity index (χ3v) is 7.32. The van der Waals surface area contributed by atoms with Crippen molar-refractivity contribution in [2.24, 2.45) is 5.92 Å². The van der Waals surface area contributed by atoms with Crippen molar-refractivity contribution in [3.8, 4) is 0 Å². The molecule has 0 radical (unpaired) electrons. The molecule has 3 N–H and O–H groups in total. The van der Waals surface area contributed by atoms with Crippen LogP contribution in [0.15, 0.2) is 40.7 Å². The fourth-order valence-electron chi connectivity index (χ4n) is 3.25. The molecule has 2 heterocycles. The molecule has 0 atom stereocenters. The molecule has 1 aliphatic heterocycles. The minimum atomic E-state index is -3.73. The quantitative estimate of drug-likeness (QED) is 0.626. The van der Waals surface area contributed by atoms with Crippen molar-refractivity contribution < 1.29 is 18.0 Å². The van der Waals surface area contributed by atoms with Crippen LogP contribution in [0.2, 0.25) is 0 Å². The topological polar surface area (TPSA) is 120 Å². The first-order valence-corrected chi connectivity index (χ1v) is 12.2. The predicted molar refractivity (Wildman–Crippen MR) is 114 cm³/mol. The Labute approximate surface area is 178 Å². The second kappa shape index (κ2) is 8.60. The van der Waals surface area contributed by atoms with Crippen molar-refractivity contribution in [1.29, 1.82) is 0 Å². The Balaban J connectivity index is 1.29. The summed E-state index contributed by atoms with van der Waals surface area (Å²) >= 11 is 1.19. The largest absolute Gasteiger partial charge is 0.335 e. The molecule has 30 heavy (non-hydrogen) atoms. The maximum atomic E-state index is 12.6. The number of amides is 3. The molecular formula is C19H23N5O4S2. The maximum absolute atomic E-state index is 12.6. The zero-order chi connectivity index (χ0) is 21.1. The molecule has 160 valence electrons. The molecule has 0 spiro atoms. The van der Waals surface area contributed by atoms with Crippen molar-refractivity contribution in [2.45, 2.75) is 36.6 Å². The molecule has 4 rings (SSSR count). The molecular weight excluding hydrogens is 426 g/mol. The lowest BCUT2D eigenvalue weighted by molar-refractivity contribution is -0.121. The van der Waals surface area contributed by atoms with Gasteiger partial charge in [-0.15, -0.1) is 11.3 Å². The number of carbonyl (C=O) groups excluding carboxylic acids is 2. The predicted octanol–water partition coefficient (Wildman–Crippen LogP) is 2.47. The summed E-state index contributed by atoms with van der Waals surface area (Å²) in [5, 5.41) is 7.78. The van der Waals surface area contributed by atoms with Crippen molar-refractivity contribution in [3.63, 3.8) is 0 Å². The van der Waals surface area contributed by atoms with Crippen molar-refractivity contribution in [3.05, 3.63) is 35.8 Å². The SMILES string of the molecule is O=C(Nc1ccc(S(=O)(=O)Nc2nccs2)cc1)C1CCN(C(=O)NC2CC2)CC1. The lowest BCUT2D eigenvalue weighted by Gasteiger charge is -2.31. The Morgan fingerprint density at radius 2 is 1.77 bits per heavy atom. The van der Waals surface area contributed by atoms with Gasteiger partial charge < -0.3 is 15.5 Å². The maximum Gasteiger partial charge on any atom is 0.317 e. The van der Waals surface area contributed by atoms with Gasteiger partial charge in [0.05, 0.1) is 4.90 Å². The number of likely N-dealkylation sites (tertiary alicyclic amines) is 1. The van der Waals surface area contributed by atoms with E-state index in [1.54, 1.807) is 22.4 Å². The first-order valence-electron chi connectivity index (χ1n) is 9.79. The second-order valence-electron chi connectivity index (χ2n) is 7.44. The van der Waals surface area contributed by atoms with E-state index in [2.05, 4.69) is 20.3 Å². The summed E-state index contributed by atoms with van der Waals surface area (Å²) in [7, 11) is -3.73. The summed E-state index contributed by atoms with van der Waals surface area (Å²) in [4.78, 5) is 30.4. The number of rotatable bonds is 6. The van der Waals surface area contributed by atoms with Crippen LogP contribution >= 0.6 is 11.3 Å². The van der Waals surface area contributed by atoms with Gasteiger partial charge in [0.25, 0.3) is 10.0 Å². The molecule has 0 unspecified atom stereocenters. The van der Waals surface area contributed by atoms with E-state index in [0.717, 1.165) is 12.8 Å². The molecule has 1 saturated heterocycles. The van der Waals surface area contributed by atoms with E-state index < -0.39 is 10.0 Å². The number of sulfonamides is 1. The van der Waals surface area contributed by atoms with Gasteiger partial charge in [0, 0.05) is 42.3 Å². The van der Waals surface area contributed by atoms with Crippen LogP contribution in [-0.4, -0.2) is 49.4 Å². The summed E-state index contributed by atoms with van der Waals surface area (Å²) in [6.45, 7) is 1.10. The van der Waals surface area contributed by atoms with Gasteiger partial charge in [-0.25, -0.2) is 18.2 Å². The summed E-state index contributed by atoms with van der Waals surface area (Å²) in [5.74, 6) is -0.293. The number of nitrogens with zero attached hydrogens (tertiary/aromatic N) is 2. The van der Waals surface area contributed by atoms with E-state index in [0.29, 0.717) is 42.8 Å². The fraction of sp³-hybridized carbons (Fsp3) is 0.421. The molecule has 1 aromatic carbocycles. The minimum absolute atomic E-state index is 0.0421. The van der Waals surface area contributed by atoms with E-state index in [1.165, 1.54) is 29.7 Å². The highest BCUT2D eigenvalue weighted by molar-refractivity contribution is 7.93. The Morgan fingerprint density at radius 1 is 1.07 bits per heavy atom. The number of thiazole rings is 1. The van der Waals surface area contributed by atoms with Crippen LogP contribution < -0.4 is 15.4 Å². The molecule has 2 fully saturated rings. The molecule has 3 amide bonds. The van der Waals surface area contributed by atoms with Gasteiger partial charge in [0.15, 0.2) is 5.13 Å². The lowest BCUT2D eigenvalue weighted by atomic mass is 9.96. The number of benzene rings is 1. The number of urea groups is 1. The van der Waals surface area contributed by atoms with Crippen LogP contribution in [0.3, 0.4) is 0 Å². The number of anilines is 2. The molecule has 11 heteroatoms. The van der Waals surface area contributed by atoms with Gasteiger partial charge in [-0.05, 0) is 49.9 Å². The van der Waals surface area contributed by atoms with E-state index in [-0.39, 0.29) is 22.8 Å². The zero-order valence-electron chi connectivity index (χ0n) is 16.2. The Hall–Kier alpha value is -2.66. The van der Waals surface area contributed by atoms with Gasteiger partial charge in [-0.3, -0.25) is 9.52 Å². The first kappa shape index (κ1) is 20.6. The fourth-order valence-corrected chi connectivity index (χ4v) is 5.04. The Bertz CT molecular complexity index is 996. The number of aromatic nitrogens is 1. The van der Waals surface area contributed by atoms with E-state index in [9.17, 15) is 18.0 Å². The molecule has 1 aromatic heterocycles. The molecule has 0 bridgehead atoms. The van der Waals surface area contributed by atoms with Gasteiger partial charge in [0.1, 0.15) is 0 Å². The highest BCUT2D eigenvalue weighted by atomic mass is 32.2. The highest BCUT2D eigenvalue weighted by Gasteiger charge is 2.30. The minimum Gasteiger partial charge on any atom is -0.335 e. The average Bonchev–Trinajstić information content (AvgIpc) is 3.41. The number of carbonyl (C=O) groups is 2. The smallest absolute Gasteiger partial charge is 0.317 e. The molecule has 2 aromatic rings. The summed E-state index contributed by atoms with van der Waals surface area (Å²) < 4.78 is 27.1. The monoisotopic (exact) mass is 449 g/mol. The Morgan fingerprint density at radius 3 is 2.37 bits per heavy atom. The van der Waals surface area contributed by atoms with Crippen LogP contribution in [-0.2, 0) is 14.8 Å². The van der Waals surface area contributed by atoms with Gasteiger partial charge >= 0.3 is 6.03 Å². The van der Waals surface area contributed by atoms with Gasteiger partial charge in [-0.2, -0.15) is 0 Å². The summed E-state index contributed by atoms with van der Waals surface area (Å²) in [6.07, 6.45) is 4.82. The van der Waals surface area contributed by atoms with Crippen LogP contribution in [0.25, 0.3) is 0 Å². The number of piperidine rings is 1. The molecule has 2 aliphatic rings.